The molecule has 0 bridgehead atoms. The summed E-state index contributed by atoms with van der Waals surface area (Å²) in [5, 5.41) is 12.8. The zero-order valence-corrected chi connectivity index (χ0v) is 15.2. The van der Waals surface area contributed by atoms with Gasteiger partial charge in [0.15, 0.2) is 0 Å². The first kappa shape index (κ1) is 17.7. The van der Waals surface area contributed by atoms with Gasteiger partial charge in [0.2, 0.25) is 0 Å². The molecule has 0 radical (unpaired) electrons. The van der Waals surface area contributed by atoms with Gasteiger partial charge in [-0.2, -0.15) is 5.26 Å². The van der Waals surface area contributed by atoms with Crippen molar-refractivity contribution in [2.24, 2.45) is 5.41 Å². The van der Waals surface area contributed by atoms with Crippen molar-refractivity contribution < 1.29 is 0 Å². The molecule has 1 N–H and O–H groups in total. The molecule has 2 aromatic carbocycles. The molecule has 2 aromatic rings. The van der Waals surface area contributed by atoms with Crippen molar-refractivity contribution in [3.63, 3.8) is 0 Å². The van der Waals surface area contributed by atoms with Crippen LogP contribution in [0.15, 0.2) is 54.6 Å². The predicted octanol–water partition coefficient (Wildman–Crippen LogP) is 5.70. The van der Waals surface area contributed by atoms with Crippen LogP contribution in [0.4, 0.5) is 0 Å². The summed E-state index contributed by atoms with van der Waals surface area (Å²) in [6.07, 6.45) is 6.60. The third-order valence-corrected chi connectivity index (χ3v) is 5.91. The van der Waals surface area contributed by atoms with Crippen molar-refractivity contribution in [3.8, 4) is 17.2 Å². The van der Waals surface area contributed by atoms with Crippen molar-refractivity contribution >= 4 is 0 Å². The zero-order valence-electron chi connectivity index (χ0n) is 15.2. The number of hydrogen-bond donors (Lipinski definition) is 1. The molecule has 0 unspecified atom stereocenters. The maximum Gasteiger partial charge on any atom is 0.0627 e. The Hall–Kier alpha value is -2.11. The van der Waals surface area contributed by atoms with Gasteiger partial charge >= 0.3 is 0 Å². The average Bonchev–Trinajstić information content (AvgIpc) is 2.69. The topological polar surface area (TPSA) is 35.8 Å². The quantitative estimate of drug-likeness (QED) is 0.737. The van der Waals surface area contributed by atoms with Crippen molar-refractivity contribution in [1.82, 2.24) is 5.32 Å². The third-order valence-electron chi connectivity index (χ3n) is 5.91. The molecule has 0 atom stereocenters. The Bertz CT molecular complexity index is 689. The summed E-state index contributed by atoms with van der Waals surface area (Å²) < 4.78 is 0. The molecule has 0 spiro atoms. The van der Waals surface area contributed by atoms with Crippen molar-refractivity contribution in [2.75, 3.05) is 0 Å². The van der Waals surface area contributed by atoms with Crippen molar-refractivity contribution in [1.29, 1.82) is 5.26 Å². The lowest BCUT2D eigenvalue weighted by atomic mass is 9.69. The van der Waals surface area contributed by atoms with Crippen LogP contribution in [0, 0.1) is 16.7 Å². The molecule has 0 aliphatic heterocycles. The Balaban J connectivity index is 1.51. The van der Waals surface area contributed by atoms with Crippen molar-refractivity contribution in [2.45, 2.75) is 58.0 Å². The maximum absolute atomic E-state index is 9.07. The summed E-state index contributed by atoms with van der Waals surface area (Å²) >= 11 is 0. The Labute approximate surface area is 151 Å². The van der Waals surface area contributed by atoms with E-state index in [1.165, 1.54) is 42.4 Å². The SMILES string of the molecule is CC[C@]1(CC#N)CC[C@@H](NCc2ccc(-c3ccccc3)cc2)CC1. The number of nitriles is 1. The summed E-state index contributed by atoms with van der Waals surface area (Å²) in [6, 6.07) is 22.4. The summed E-state index contributed by atoms with van der Waals surface area (Å²) in [5.41, 5.74) is 4.16. The van der Waals surface area contributed by atoms with E-state index in [-0.39, 0.29) is 5.41 Å². The van der Waals surface area contributed by atoms with Gasteiger partial charge in [0.05, 0.1) is 6.07 Å². The van der Waals surface area contributed by atoms with Crippen molar-refractivity contribution in [3.05, 3.63) is 60.2 Å². The Kier molecular flexibility index (Phi) is 5.89. The molecule has 1 aliphatic rings. The smallest absolute Gasteiger partial charge is 0.0627 e. The van der Waals surface area contributed by atoms with Gasteiger partial charge in [-0.15, -0.1) is 0 Å². The zero-order chi connectivity index (χ0) is 17.5. The Morgan fingerprint density at radius 1 is 1.00 bits per heavy atom. The average molecular weight is 332 g/mol. The first-order valence-electron chi connectivity index (χ1n) is 9.49. The molecule has 0 aromatic heterocycles. The highest BCUT2D eigenvalue weighted by molar-refractivity contribution is 5.63. The molecule has 130 valence electrons. The van der Waals surface area contributed by atoms with Gasteiger partial charge in [0.1, 0.15) is 0 Å². The fourth-order valence-electron chi connectivity index (χ4n) is 3.97. The highest BCUT2D eigenvalue weighted by Gasteiger charge is 2.33. The van der Waals surface area contributed by atoms with E-state index in [0.29, 0.717) is 6.04 Å². The maximum atomic E-state index is 9.07. The number of rotatable bonds is 6. The van der Waals surface area contributed by atoms with Gasteiger partial charge in [0.25, 0.3) is 0 Å². The Morgan fingerprint density at radius 2 is 1.64 bits per heavy atom. The minimum absolute atomic E-state index is 0.282. The normalized spacial score (nSPS) is 23.1. The van der Waals surface area contributed by atoms with Crippen LogP contribution in [0.5, 0.6) is 0 Å². The minimum atomic E-state index is 0.282. The predicted molar refractivity (Wildman–Crippen MR) is 104 cm³/mol. The lowest BCUT2D eigenvalue weighted by Gasteiger charge is -2.38. The summed E-state index contributed by atoms with van der Waals surface area (Å²) in [7, 11) is 0. The summed E-state index contributed by atoms with van der Waals surface area (Å²) in [4.78, 5) is 0. The highest BCUT2D eigenvalue weighted by atomic mass is 14.9. The fraction of sp³-hybridized carbons (Fsp3) is 0.435. The molecule has 25 heavy (non-hydrogen) atoms. The molecule has 2 nitrogen and oxygen atoms in total. The lowest BCUT2D eigenvalue weighted by molar-refractivity contribution is 0.159. The molecule has 1 fully saturated rings. The number of hydrogen-bond acceptors (Lipinski definition) is 2. The van der Waals surface area contributed by atoms with E-state index in [4.69, 9.17) is 5.26 Å². The molecule has 0 saturated heterocycles. The molecule has 1 saturated carbocycles. The first-order chi connectivity index (χ1) is 12.2. The highest BCUT2D eigenvalue weighted by Crippen LogP contribution is 2.41. The second kappa shape index (κ2) is 8.32. The third kappa shape index (κ3) is 4.50. The van der Waals surface area contributed by atoms with Gasteiger partial charge in [-0.3, -0.25) is 0 Å². The fourth-order valence-corrected chi connectivity index (χ4v) is 3.97. The van der Waals surface area contributed by atoms with E-state index in [9.17, 15) is 0 Å². The van der Waals surface area contributed by atoms with Gasteiger partial charge in [-0.1, -0.05) is 61.5 Å². The van der Waals surface area contributed by atoms with Crippen LogP contribution < -0.4 is 5.32 Å². The lowest BCUT2D eigenvalue weighted by Crippen LogP contribution is -2.37. The van der Waals surface area contributed by atoms with Gasteiger partial charge in [0, 0.05) is 19.0 Å². The van der Waals surface area contributed by atoms with Gasteiger partial charge < -0.3 is 5.32 Å². The second-order valence-corrected chi connectivity index (χ2v) is 7.41. The number of nitrogens with one attached hydrogen (secondary N) is 1. The van der Waals surface area contributed by atoms with E-state index in [1.54, 1.807) is 0 Å². The van der Waals surface area contributed by atoms with E-state index in [1.807, 2.05) is 0 Å². The van der Waals surface area contributed by atoms with E-state index >= 15 is 0 Å². The van der Waals surface area contributed by atoms with Crippen LogP contribution in [0.1, 0.15) is 51.0 Å². The van der Waals surface area contributed by atoms with Crippen LogP contribution in [-0.2, 0) is 6.54 Å². The molecule has 0 heterocycles. The van der Waals surface area contributed by atoms with E-state index in [0.717, 1.165) is 19.4 Å². The van der Waals surface area contributed by atoms with E-state index < -0.39 is 0 Å². The van der Waals surface area contributed by atoms with Gasteiger partial charge in [-0.05, 0) is 54.2 Å². The molecular formula is C23H28N2. The van der Waals surface area contributed by atoms with Crippen LogP contribution in [0.2, 0.25) is 0 Å². The summed E-state index contributed by atoms with van der Waals surface area (Å²) in [6.45, 7) is 3.16. The largest absolute Gasteiger partial charge is 0.310 e. The standard InChI is InChI=1S/C23H28N2/c1-2-23(16-17-24)14-12-22(13-15-23)25-18-19-8-10-21(11-9-19)20-6-4-3-5-7-20/h3-11,22,25H,2,12-16,18H2,1H3/t22-,23+. The number of benzene rings is 2. The Morgan fingerprint density at radius 3 is 2.24 bits per heavy atom. The molecule has 3 rings (SSSR count). The van der Waals surface area contributed by atoms with E-state index in [2.05, 4.69) is 72.9 Å². The molecule has 2 heteroatoms. The summed E-state index contributed by atoms with van der Waals surface area (Å²) in [5.74, 6) is 0. The molecule has 1 aliphatic carbocycles. The molecule has 0 amide bonds. The number of nitrogens with zero attached hydrogens (tertiary/aromatic N) is 1. The second-order valence-electron chi connectivity index (χ2n) is 7.41. The minimum Gasteiger partial charge on any atom is -0.310 e. The van der Waals surface area contributed by atoms with Crippen LogP contribution in [-0.4, -0.2) is 6.04 Å². The van der Waals surface area contributed by atoms with Crippen LogP contribution >= 0.6 is 0 Å². The first-order valence-corrected chi connectivity index (χ1v) is 9.49. The van der Waals surface area contributed by atoms with Crippen LogP contribution in [0.3, 0.4) is 0 Å². The van der Waals surface area contributed by atoms with Crippen LogP contribution in [0.25, 0.3) is 11.1 Å². The molecular weight excluding hydrogens is 304 g/mol. The van der Waals surface area contributed by atoms with Gasteiger partial charge in [-0.25, -0.2) is 0 Å². The monoisotopic (exact) mass is 332 g/mol.